The molecule has 0 aliphatic heterocycles. The fourth-order valence-corrected chi connectivity index (χ4v) is 4.75. The van der Waals surface area contributed by atoms with Gasteiger partial charge in [-0.1, -0.05) is 18.2 Å². The number of carbonyl (C=O) groups excluding carboxylic acids is 1. The number of carbonyl (C=O) groups is 1. The molecular formula is C26H18F2N4O4S. The number of amides is 1. The number of hydrogen-bond donors (Lipinski definition) is 1. The number of fused-ring (bicyclic) bond motifs is 2. The number of aryl methyl sites for hydroxylation is 1. The molecule has 0 unspecified atom stereocenters. The van der Waals surface area contributed by atoms with Gasteiger partial charge in [0.2, 0.25) is 5.88 Å². The monoisotopic (exact) mass is 520 g/mol. The molecule has 2 aromatic heterocycles. The molecular weight excluding hydrogens is 502 g/mol. The van der Waals surface area contributed by atoms with Crippen LogP contribution in [0.4, 0.5) is 8.78 Å². The van der Waals surface area contributed by atoms with Crippen molar-refractivity contribution >= 4 is 43.9 Å². The summed E-state index contributed by atoms with van der Waals surface area (Å²) in [6.07, 6.45) is 5.71. The van der Waals surface area contributed by atoms with Crippen LogP contribution in [0.15, 0.2) is 84.0 Å². The third-order valence-corrected chi connectivity index (χ3v) is 6.84. The number of halogens is 2. The van der Waals surface area contributed by atoms with Crippen molar-refractivity contribution in [2.45, 2.75) is 4.90 Å². The van der Waals surface area contributed by atoms with Crippen LogP contribution in [0.2, 0.25) is 0 Å². The van der Waals surface area contributed by atoms with Crippen LogP contribution in [0, 0.1) is 11.6 Å². The average Bonchev–Trinajstić information content (AvgIpc) is 3.20. The van der Waals surface area contributed by atoms with Gasteiger partial charge in [-0.2, -0.15) is 0 Å². The zero-order valence-electron chi connectivity index (χ0n) is 19.2. The van der Waals surface area contributed by atoms with Gasteiger partial charge in [-0.25, -0.2) is 31.9 Å². The van der Waals surface area contributed by atoms with Crippen molar-refractivity contribution in [1.29, 1.82) is 0 Å². The highest BCUT2D eigenvalue weighted by atomic mass is 32.2. The van der Waals surface area contributed by atoms with E-state index in [1.54, 1.807) is 18.3 Å². The SMILES string of the molecule is Cn1cc(/C=C/C(=O)NS(=O)(=O)c2ccc(F)c(F)c2)c2c(Oc3cnc4ccccc4n3)cccc21. The van der Waals surface area contributed by atoms with E-state index in [1.807, 2.05) is 46.7 Å². The molecule has 0 aliphatic rings. The Labute approximate surface area is 209 Å². The smallest absolute Gasteiger partial charge is 0.264 e. The van der Waals surface area contributed by atoms with E-state index in [4.69, 9.17) is 4.74 Å². The van der Waals surface area contributed by atoms with Crippen LogP contribution < -0.4 is 9.46 Å². The molecule has 37 heavy (non-hydrogen) atoms. The fourth-order valence-electron chi connectivity index (χ4n) is 3.79. The van der Waals surface area contributed by atoms with Gasteiger partial charge in [0.15, 0.2) is 11.6 Å². The Morgan fingerprint density at radius 2 is 1.81 bits per heavy atom. The predicted octanol–water partition coefficient (Wildman–Crippen LogP) is 4.71. The summed E-state index contributed by atoms with van der Waals surface area (Å²) in [5.74, 6) is -2.78. The number of nitrogens with zero attached hydrogens (tertiary/aromatic N) is 3. The molecule has 0 radical (unpaired) electrons. The minimum atomic E-state index is -4.41. The summed E-state index contributed by atoms with van der Waals surface area (Å²) >= 11 is 0. The van der Waals surface area contributed by atoms with Gasteiger partial charge in [-0.15, -0.1) is 0 Å². The molecule has 5 rings (SSSR count). The second-order valence-electron chi connectivity index (χ2n) is 8.02. The third kappa shape index (κ3) is 4.89. The normalized spacial score (nSPS) is 11.9. The molecule has 8 nitrogen and oxygen atoms in total. The molecule has 5 aromatic rings. The first-order valence-corrected chi connectivity index (χ1v) is 12.4. The minimum absolute atomic E-state index is 0.278. The van der Waals surface area contributed by atoms with E-state index >= 15 is 0 Å². The summed E-state index contributed by atoms with van der Waals surface area (Å²) in [4.78, 5) is 20.7. The zero-order chi connectivity index (χ0) is 26.2. The van der Waals surface area contributed by atoms with Crippen LogP contribution in [0.25, 0.3) is 28.0 Å². The Bertz CT molecular complexity index is 1820. The predicted molar refractivity (Wildman–Crippen MR) is 133 cm³/mol. The van der Waals surface area contributed by atoms with Crippen LogP contribution in [0.5, 0.6) is 11.6 Å². The van der Waals surface area contributed by atoms with Crippen molar-refractivity contribution in [2.75, 3.05) is 0 Å². The first kappa shape index (κ1) is 24.1. The number of para-hydroxylation sites is 2. The highest BCUT2D eigenvalue weighted by molar-refractivity contribution is 7.90. The summed E-state index contributed by atoms with van der Waals surface area (Å²) in [5, 5.41) is 0.660. The van der Waals surface area contributed by atoms with Gasteiger partial charge in [0.25, 0.3) is 15.9 Å². The Kier molecular flexibility index (Phi) is 6.14. The standard InChI is InChI=1S/C26H18F2N4O4S/c1-32-15-16(9-12-24(33)31-37(34,35)17-10-11-18(27)19(28)13-17)26-22(32)7-4-8-23(26)36-25-14-29-20-5-2-3-6-21(20)30-25/h2-15H,1H3,(H,31,33)/b12-9+. The van der Waals surface area contributed by atoms with Crippen molar-refractivity contribution in [1.82, 2.24) is 19.3 Å². The molecule has 2 heterocycles. The molecule has 11 heteroatoms. The van der Waals surface area contributed by atoms with Crippen LogP contribution in [0.1, 0.15) is 5.56 Å². The van der Waals surface area contributed by atoms with Crippen LogP contribution >= 0.6 is 0 Å². The first-order chi connectivity index (χ1) is 17.7. The van der Waals surface area contributed by atoms with E-state index in [9.17, 15) is 22.0 Å². The number of nitrogens with one attached hydrogen (secondary N) is 1. The van der Waals surface area contributed by atoms with Crippen molar-refractivity contribution in [3.8, 4) is 11.6 Å². The zero-order valence-corrected chi connectivity index (χ0v) is 20.0. The molecule has 0 fully saturated rings. The average molecular weight is 521 g/mol. The van der Waals surface area contributed by atoms with E-state index in [-0.39, 0.29) is 5.88 Å². The van der Waals surface area contributed by atoms with Crippen LogP contribution in [-0.2, 0) is 21.9 Å². The number of ether oxygens (including phenoxy) is 1. The van der Waals surface area contributed by atoms with E-state index in [0.29, 0.717) is 34.3 Å². The molecule has 0 spiro atoms. The molecule has 0 atom stereocenters. The third-order valence-electron chi connectivity index (χ3n) is 5.50. The Hall–Kier alpha value is -4.64. The van der Waals surface area contributed by atoms with Gasteiger partial charge in [-0.3, -0.25) is 4.79 Å². The van der Waals surface area contributed by atoms with Gasteiger partial charge in [0, 0.05) is 30.3 Å². The lowest BCUT2D eigenvalue weighted by atomic mass is 10.1. The molecule has 0 saturated heterocycles. The van der Waals surface area contributed by atoms with E-state index in [1.165, 1.54) is 12.3 Å². The molecule has 0 aliphatic carbocycles. The Morgan fingerprint density at radius 1 is 1.03 bits per heavy atom. The lowest BCUT2D eigenvalue weighted by Crippen LogP contribution is -2.29. The molecule has 1 amide bonds. The molecule has 3 aromatic carbocycles. The van der Waals surface area contributed by atoms with Gasteiger partial charge >= 0.3 is 0 Å². The molecule has 1 N–H and O–H groups in total. The lowest BCUT2D eigenvalue weighted by Gasteiger charge is -2.08. The highest BCUT2D eigenvalue weighted by Crippen LogP contribution is 2.34. The van der Waals surface area contributed by atoms with Gasteiger partial charge < -0.3 is 9.30 Å². The topological polar surface area (TPSA) is 103 Å². The summed E-state index contributed by atoms with van der Waals surface area (Å²) in [5.41, 5.74) is 2.75. The number of benzene rings is 3. The maximum Gasteiger partial charge on any atom is 0.264 e. The molecule has 0 saturated carbocycles. The summed E-state index contributed by atoms with van der Waals surface area (Å²) < 4.78 is 61.0. The lowest BCUT2D eigenvalue weighted by molar-refractivity contribution is -0.114. The van der Waals surface area contributed by atoms with Crippen LogP contribution in [0.3, 0.4) is 0 Å². The number of hydrogen-bond acceptors (Lipinski definition) is 6. The van der Waals surface area contributed by atoms with Crippen molar-refractivity contribution < 1.29 is 26.7 Å². The number of sulfonamides is 1. The largest absolute Gasteiger partial charge is 0.437 e. The van der Waals surface area contributed by atoms with E-state index in [2.05, 4.69) is 9.97 Å². The highest BCUT2D eigenvalue weighted by Gasteiger charge is 2.19. The summed E-state index contributed by atoms with van der Waals surface area (Å²) in [7, 11) is -2.60. The second-order valence-corrected chi connectivity index (χ2v) is 9.71. The maximum atomic E-state index is 13.4. The fraction of sp³-hybridized carbons (Fsp3) is 0.0385. The molecule has 186 valence electrons. The van der Waals surface area contributed by atoms with Gasteiger partial charge in [0.05, 0.1) is 27.6 Å². The van der Waals surface area contributed by atoms with Crippen LogP contribution in [-0.4, -0.2) is 28.9 Å². The second kappa shape index (κ2) is 9.43. The van der Waals surface area contributed by atoms with Gasteiger partial charge in [-0.05, 0) is 48.5 Å². The van der Waals surface area contributed by atoms with Crippen molar-refractivity contribution in [2.24, 2.45) is 7.05 Å². The quantitative estimate of drug-likeness (QED) is 0.325. The van der Waals surface area contributed by atoms with Gasteiger partial charge in [0.1, 0.15) is 5.75 Å². The van der Waals surface area contributed by atoms with Crippen molar-refractivity contribution in [3.05, 3.63) is 96.3 Å². The number of rotatable bonds is 6. The van der Waals surface area contributed by atoms with E-state index in [0.717, 1.165) is 23.2 Å². The number of aromatic nitrogens is 3. The summed E-state index contributed by atoms with van der Waals surface area (Å²) in [6, 6.07) is 14.8. The Balaban J connectivity index is 1.43. The maximum absolute atomic E-state index is 13.4. The minimum Gasteiger partial charge on any atom is -0.437 e. The van der Waals surface area contributed by atoms with Crippen molar-refractivity contribution in [3.63, 3.8) is 0 Å². The first-order valence-electron chi connectivity index (χ1n) is 10.9. The molecule has 0 bridgehead atoms. The Morgan fingerprint density at radius 3 is 2.59 bits per heavy atom. The van der Waals surface area contributed by atoms with E-state index < -0.39 is 32.5 Å². The summed E-state index contributed by atoms with van der Waals surface area (Å²) in [6.45, 7) is 0.